The van der Waals surface area contributed by atoms with Gasteiger partial charge in [-0.2, -0.15) is 15.6 Å². The molecule has 98 valence electrons. The highest BCUT2D eigenvalue weighted by molar-refractivity contribution is 7.91. The topological polar surface area (TPSA) is 37.4 Å². The van der Waals surface area contributed by atoms with Crippen molar-refractivity contribution in [2.75, 3.05) is 7.05 Å². The van der Waals surface area contributed by atoms with Crippen LogP contribution in [0, 0.1) is 0 Å². The van der Waals surface area contributed by atoms with Crippen LogP contribution in [0.5, 0.6) is 0 Å². The van der Waals surface area contributed by atoms with E-state index < -0.39 is 10.0 Å². The van der Waals surface area contributed by atoms with Gasteiger partial charge in [0.2, 0.25) is 0 Å². The zero-order valence-corrected chi connectivity index (χ0v) is 12.9. The summed E-state index contributed by atoms with van der Waals surface area (Å²) < 4.78 is 26.3. The van der Waals surface area contributed by atoms with Gasteiger partial charge in [-0.15, -0.1) is 22.9 Å². The van der Waals surface area contributed by atoms with Gasteiger partial charge in [0, 0.05) is 19.5 Å². The van der Waals surface area contributed by atoms with Crippen molar-refractivity contribution in [2.24, 2.45) is 0 Å². The zero-order valence-electron chi connectivity index (χ0n) is 9.67. The van der Waals surface area contributed by atoms with Crippen molar-refractivity contribution in [3.05, 3.63) is 39.4 Å². The molecule has 0 spiro atoms. The van der Waals surface area contributed by atoms with Crippen molar-refractivity contribution in [2.45, 2.75) is 16.6 Å². The van der Waals surface area contributed by atoms with Crippen molar-refractivity contribution in [1.29, 1.82) is 0 Å². The number of sulfonamides is 1. The fourth-order valence-corrected chi connectivity index (χ4v) is 4.92. The normalized spacial score (nSPS) is 12.2. The zero-order chi connectivity index (χ0) is 13.2. The number of alkyl halides is 1. The molecule has 0 radical (unpaired) electrons. The molecule has 0 aliphatic carbocycles. The molecule has 2 aromatic heterocycles. The van der Waals surface area contributed by atoms with Crippen molar-refractivity contribution in [3.8, 4) is 0 Å². The van der Waals surface area contributed by atoms with Gasteiger partial charge in [-0.3, -0.25) is 0 Å². The molecule has 0 amide bonds. The number of halogens is 1. The van der Waals surface area contributed by atoms with E-state index in [1.54, 1.807) is 29.8 Å². The summed E-state index contributed by atoms with van der Waals surface area (Å²) in [6.45, 7) is 0.389. The van der Waals surface area contributed by atoms with Crippen molar-refractivity contribution in [1.82, 2.24) is 4.31 Å². The van der Waals surface area contributed by atoms with Crippen LogP contribution in [0.4, 0.5) is 0 Å². The Balaban J connectivity index is 2.19. The average molecular weight is 322 g/mol. The molecule has 0 saturated heterocycles. The number of hydrogen-bond acceptors (Lipinski definition) is 4. The van der Waals surface area contributed by atoms with Crippen LogP contribution in [0.25, 0.3) is 0 Å². The summed E-state index contributed by atoms with van der Waals surface area (Å²) in [6.07, 6.45) is 0. The predicted molar refractivity (Wildman–Crippen MR) is 76.8 cm³/mol. The van der Waals surface area contributed by atoms with Gasteiger partial charge in [-0.1, -0.05) is 0 Å². The third kappa shape index (κ3) is 2.95. The largest absolute Gasteiger partial charge is 0.252 e. The Labute approximate surface area is 120 Å². The summed E-state index contributed by atoms with van der Waals surface area (Å²) in [6, 6.07) is 3.56. The summed E-state index contributed by atoms with van der Waals surface area (Å²) in [5.41, 5.74) is 1.84. The van der Waals surface area contributed by atoms with E-state index in [-0.39, 0.29) is 0 Å². The maximum atomic E-state index is 12.3. The molecule has 0 aliphatic rings. The molecule has 2 heterocycles. The lowest BCUT2D eigenvalue weighted by atomic mass is 10.3. The third-order valence-corrected chi connectivity index (χ3v) is 6.74. The summed E-state index contributed by atoms with van der Waals surface area (Å²) in [5, 5.41) is 5.66. The third-order valence-electron chi connectivity index (χ3n) is 2.43. The van der Waals surface area contributed by atoms with E-state index in [0.717, 1.165) is 11.1 Å². The van der Waals surface area contributed by atoms with E-state index in [0.29, 0.717) is 16.6 Å². The molecular formula is C11H12ClNO2S3. The minimum Gasteiger partial charge on any atom is -0.206 e. The molecule has 0 N–H and O–H groups in total. The van der Waals surface area contributed by atoms with Crippen LogP contribution in [0.2, 0.25) is 0 Å². The Morgan fingerprint density at radius 3 is 2.67 bits per heavy atom. The van der Waals surface area contributed by atoms with Gasteiger partial charge < -0.3 is 0 Å². The molecule has 0 unspecified atom stereocenters. The van der Waals surface area contributed by atoms with Gasteiger partial charge >= 0.3 is 0 Å². The molecule has 0 saturated carbocycles. The number of thiophene rings is 2. The molecule has 0 aromatic carbocycles. The van der Waals surface area contributed by atoms with E-state index in [1.165, 1.54) is 15.6 Å². The average Bonchev–Trinajstić information content (AvgIpc) is 2.99. The van der Waals surface area contributed by atoms with Gasteiger partial charge in [0.05, 0.1) is 0 Å². The Morgan fingerprint density at radius 1 is 1.33 bits per heavy atom. The van der Waals surface area contributed by atoms with E-state index in [2.05, 4.69) is 0 Å². The monoisotopic (exact) mass is 321 g/mol. The summed E-state index contributed by atoms with van der Waals surface area (Å²) >= 11 is 8.45. The van der Waals surface area contributed by atoms with Crippen molar-refractivity contribution in [3.63, 3.8) is 0 Å². The van der Waals surface area contributed by atoms with E-state index in [9.17, 15) is 8.42 Å². The first-order valence-electron chi connectivity index (χ1n) is 5.15. The Kier molecular flexibility index (Phi) is 4.45. The first-order chi connectivity index (χ1) is 8.54. The molecule has 0 bridgehead atoms. The van der Waals surface area contributed by atoms with Crippen LogP contribution in [0.1, 0.15) is 11.1 Å². The lowest BCUT2D eigenvalue weighted by molar-refractivity contribution is 0.469. The molecular weight excluding hydrogens is 310 g/mol. The quantitative estimate of drug-likeness (QED) is 0.792. The van der Waals surface area contributed by atoms with Gasteiger partial charge in [-0.25, -0.2) is 8.42 Å². The minimum atomic E-state index is -3.41. The predicted octanol–water partition coefficient (Wildman–Crippen LogP) is 3.37. The summed E-state index contributed by atoms with van der Waals surface area (Å²) in [4.78, 5) is 0. The highest BCUT2D eigenvalue weighted by Crippen LogP contribution is 2.25. The molecule has 3 nitrogen and oxygen atoms in total. The van der Waals surface area contributed by atoms with Crippen molar-refractivity contribution >= 4 is 44.3 Å². The van der Waals surface area contributed by atoms with Crippen LogP contribution in [0.3, 0.4) is 0 Å². The molecule has 18 heavy (non-hydrogen) atoms. The maximum Gasteiger partial charge on any atom is 0.252 e. The molecule has 2 rings (SSSR count). The highest BCUT2D eigenvalue weighted by atomic mass is 35.5. The first kappa shape index (κ1) is 14.0. The number of nitrogens with zero attached hydrogens (tertiary/aromatic N) is 1. The molecule has 0 fully saturated rings. The van der Waals surface area contributed by atoms with Gasteiger partial charge in [0.1, 0.15) is 4.21 Å². The lowest BCUT2D eigenvalue weighted by Gasteiger charge is -2.14. The smallest absolute Gasteiger partial charge is 0.206 e. The van der Waals surface area contributed by atoms with Gasteiger partial charge in [-0.05, 0) is 39.4 Å². The highest BCUT2D eigenvalue weighted by Gasteiger charge is 2.22. The number of hydrogen-bond donors (Lipinski definition) is 0. The Morgan fingerprint density at radius 2 is 2.11 bits per heavy atom. The second-order valence-corrected chi connectivity index (χ2v) is 8.03. The van der Waals surface area contributed by atoms with Crippen LogP contribution in [-0.2, 0) is 22.4 Å². The second-order valence-electron chi connectivity index (χ2n) is 3.80. The summed E-state index contributed by atoms with van der Waals surface area (Å²) in [5.74, 6) is 0.334. The van der Waals surface area contributed by atoms with Crippen molar-refractivity contribution < 1.29 is 8.42 Å². The van der Waals surface area contributed by atoms with E-state index in [4.69, 9.17) is 11.6 Å². The summed E-state index contributed by atoms with van der Waals surface area (Å²) in [7, 11) is -1.82. The standard InChI is InChI=1S/C11H12ClNO2S3/c1-13(6-9-2-3-16-7-9)18(14,15)11-4-10(5-12)8-17-11/h2-4,7-8H,5-6H2,1H3. The van der Waals surface area contributed by atoms with Crippen LogP contribution >= 0.6 is 34.3 Å². The fraction of sp³-hybridized carbons (Fsp3) is 0.273. The molecule has 7 heteroatoms. The molecule has 2 aromatic rings. The van der Waals surface area contributed by atoms with Crippen LogP contribution in [0.15, 0.2) is 32.5 Å². The first-order valence-corrected chi connectivity index (χ1v) is 8.94. The van der Waals surface area contributed by atoms with Crippen LogP contribution in [-0.4, -0.2) is 19.8 Å². The van der Waals surface area contributed by atoms with Gasteiger partial charge in [0.25, 0.3) is 10.0 Å². The molecule has 0 atom stereocenters. The minimum absolute atomic E-state index is 0.334. The maximum absolute atomic E-state index is 12.3. The van der Waals surface area contributed by atoms with E-state index >= 15 is 0 Å². The Bertz CT molecular complexity index is 604. The van der Waals surface area contributed by atoms with Crippen LogP contribution < -0.4 is 0 Å². The molecule has 0 aliphatic heterocycles. The second kappa shape index (κ2) is 5.71. The SMILES string of the molecule is CN(Cc1ccsc1)S(=O)(=O)c1cc(CCl)cs1. The number of rotatable bonds is 5. The van der Waals surface area contributed by atoms with E-state index in [1.807, 2.05) is 16.8 Å². The van der Waals surface area contributed by atoms with Gasteiger partial charge in [0.15, 0.2) is 0 Å². The Hall–Kier alpha value is -0.400. The fourth-order valence-electron chi connectivity index (χ4n) is 1.44. The lowest BCUT2D eigenvalue weighted by Crippen LogP contribution is -2.25.